The van der Waals surface area contributed by atoms with Crippen LogP contribution in [0.25, 0.3) is 0 Å². The van der Waals surface area contributed by atoms with Crippen LogP contribution in [0.2, 0.25) is 0 Å². The Hall–Kier alpha value is -1.40. The lowest BCUT2D eigenvalue weighted by atomic mass is 10.0. The van der Waals surface area contributed by atoms with Crippen LogP contribution in [0, 0.1) is 0 Å². The van der Waals surface area contributed by atoms with Gasteiger partial charge in [0, 0.05) is 6.42 Å². The summed E-state index contributed by atoms with van der Waals surface area (Å²) in [6.45, 7) is 6.51. The highest BCUT2D eigenvalue weighted by Gasteiger charge is 2.24. The van der Waals surface area contributed by atoms with Crippen molar-refractivity contribution in [3.63, 3.8) is 0 Å². The van der Waals surface area contributed by atoms with Gasteiger partial charge in [0.05, 0.1) is 25.2 Å². The highest BCUT2D eigenvalue weighted by molar-refractivity contribution is 5.77. The third kappa shape index (κ3) is 45.0. The molecule has 3 atom stereocenters. The molecule has 3 N–H and O–H groups in total. The second-order valence-corrected chi connectivity index (χ2v) is 19.0. The van der Waals surface area contributed by atoms with Gasteiger partial charge in [-0.2, -0.15) is 0 Å². The zero-order valence-corrected chi connectivity index (χ0v) is 41.3. The van der Waals surface area contributed by atoms with Crippen LogP contribution < -0.4 is 5.32 Å². The Morgan fingerprint density at radius 2 is 0.787 bits per heavy atom. The number of rotatable bonds is 50. The first-order chi connectivity index (χ1) is 30.0. The molecule has 0 spiro atoms. The molecule has 6 heteroatoms. The van der Waals surface area contributed by atoms with Crippen LogP contribution in [0.5, 0.6) is 0 Å². The molecule has 6 nitrogen and oxygen atoms in total. The largest absolute Gasteiger partial charge is 0.462 e. The Labute approximate surface area is 380 Å². The van der Waals surface area contributed by atoms with Gasteiger partial charge in [-0.3, -0.25) is 9.59 Å². The highest BCUT2D eigenvalue weighted by Crippen LogP contribution is 2.18. The van der Waals surface area contributed by atoms with Gasteiger partial charge in [-0.05, 0) is 51.4 Å². The van der Waals surface area contributed by atoms with Crippen LogP contribution in [0.15, 0.2) is 12.2 Å². The minimum Gasteiger partial charge on any atom is -0.462 e. The number of aliphatic hydroxyl groups is 2. The molecule has 362 valence electrons. The van der Waals surface area contributed by atoms with Gasteiger partial charge in [-0.25, -0.2) is 0 Å². The van der Waals surface area contributed by atoms with E-state index in [2.05, 4.69) is 38.2 Å². The Morgan fingerprint density at radius 1 is 0.459 bits per heavy atom. The predicted octanol–water partition coefficient (Wildman–Crippen LogP) is 16.5. The standard InChI is InChI=1S/C55H107NO5/c1-4-7-10-13-16-19-22-25-28-31-34-37-40-43-46-51(61-55(60)48-45-42-39-36-33-30-27-24-21-18-15-12-9-6-3)49-54(59)56-52(50-57)53(58)47-44-41-38-35-32-29-26-23-20-17-14-11-8-5-2/h28,31,51-53,57-58H,4-27,29-30,32-50H2,1-3H3,(H,56,59)/b31-28+. The fourth-order valence-electron chi connectivity index (χ4n) is 8.66. The normalized spacial score (nSPS) is 13.2. The number of unbranched alkanes of at least 4 members (excludes halogenated alkanes) is 36. The number of carbonyl (C=O) groups excluding carboxylic acids is 2. The van der Waals surface area contributed by atoms with Crippen molar-refractivity contribution in [3.05, 3.63) is 12.2 Å². The van der Waals surface area contributed by atoms with Crippen molar-refractivity contribution in [2.24, 2.45) is 0 Å². The van der Waals surface area contributed by atoms with Gasteiger partial charge in [-0.1, -0.05) is 251 Å². The van der Waals surface area contributed by atoms with Crippen molar-refractivity contribution < 1.29 is 24.5 Å². The summed E-state index contributed by atoms with van der Waals surface area (Å²) in [7, 11) is 0. The average Bonchev–Trinajstić information content (AvgIpc) is 3.25. The molecule has 0 rings (SSSR count). The van der Waals surface area contributed by atoms with Crippen molar-refractivity contribution in [1.29, 1.82) is 0 Å². The van der Waals surface area contributed by atoms with E-state index in [1.165, 1.54) is 199 Å². The van der Waals surface area contributed by atoms with Crippen molar-refractivity contribution in [2.75, 3.05) is 6.61 Å². The van der Waals surface area contributed by atoms with Gasteiger partial charge in [-0.15, -0.1) is 0 Å². The van der Waals surface area contributed by atoms with Crippen LogP contribution >= 0.6 is 0 Å². The number of carbonyl (C=O) groups is 2. The van der Waals surface area contributed by atoms with Gasteiger partial charge in [0.15, 0.2) is 0 Å². The quantitative estimate of drug-likeness (QED) is 0.0322. The molecular formula is C55H107NO5. The second-order valence-electron chi connectivity index (χ2n) is 19.0. The third-order valence-electron chi connectivity index (χ3n) is 12.8. The monoisotopic (exact) mass is 862 g/mol. The van der Waals surface area contributed by atoms with Gasteiger partial charge in [0.2, 0.25) is 5.91 Å². The van der Waals surface area contributed by atoms with Crippen LogP contribution in [0.1, 0.15) is 303 Å². The first-order valence-electron chi connectivity index (χ1n) is 27.4. The molecule has 3 unspecified atom stereocenters. The second kappa shape index (κ2) is 49.6. The van der Waals surface area contributed by atoms with Crippen LogP contribution in [-0.2, 0) is 14.3 Å². The van der Waals surface area contributed by atoms with E-state index >= 15 is 0 Å². The minimum atomic E-state index is -0.786. The molecule has 0 aliphatic rings. The summed E-state index contributed by atoms with van der Waals surface area (Å²) in [4.78, 5) is 26.2. The Morgan fingerprint density at radius 3 is 1.18 bits per heavy atom. The number of esters is 1. The first-order valence-corrected chi connectivity index (χ1v) is 27.4. The van der Waals surface area contributed by atoms with Crippen molar-refractivity contribution in [2.45, 2.75) is 322 Å². The van der Waals surface area contributed by atoms with Crippen molar-refractivity contribution in [1.82, 2.24) is 5.32 Å². The smallest absolute Gasteiger partial charge is 0.306 e. The fraction of sp³-hybridized carbons (Fsp3) is 0.927. The maximum atomic E-state index is 13.2. The summed E-state index contributed by atoms with van der Waals surface area (Å²) in [5, 5.41) is 23.8. The van der Waals surface area contributed by atoms with E-state index < -0.39 is 18.2 Å². The summed E-state index contributed by atoms with van der Waals surface area (Å²) < 4.78 is 5.94. The summed E-state index contributed by atoms with van der Waals surface area (Å²) >= 11 is 0. The molecule has 0 aromatic carbocycles. The lowest BCUT2D eigenvalue weighted by Crippen LogP contribution is -2.46. The molecule has 0 aliphatic carbocycles. The first kappa shape index (κ1) is 59.6. The van der Waals surface area contributed by atoms with Gasteiger partial charge in [0.25, 0.3) is 0 Å². The molecule has 0 saturated heterocycles. The van der Waals surface area contributed by atoms with E-state index in [4.69, 9.17) is 4.74 Å². The predicted molar refractivity (Wildman–Crippen MR) is 264 cm³/mol. The van der Waals surface area contributed by atoms with Crippen molar-refractivity contribution in [3.8, 4) is 0 Å². The Kier molecular flexibility index (Phi) is 48.5. The fourth-order valence-corrected chi connectivity index (χ4v) is 8.66. The summed E-state index contributed by atoms with van der Waals surface area (Å²) in [5.41, 5.74) is 0. The lowest BCUT2D eigenvalue weighted by Gasteiger charge is -2.24. The lowest BCUT2D eigenvalue weighted by molar-refractivity contribution is -0.151. The third-order valence-corrected chi connectivity index (χ3v) is 12.8. The topological polar surface area (TPSA) is 95.9 Å². The number of ether oxygens (including phenoxy) is 1. The molecule has 1 amide bonds. The number of aliphatic hydroxyl groups excluding tert-OH is 2. The molecule has 0 fully saturated rings. The van der Waals surface area contributed by atoms with Gasteiger partial charge in [0.1, 0.15) is 6.10 Å². The minimum absolute atomic E-state index is 0.0743. The Balaban J connectivity index is 4.54. The Bertz CT molecular complexity index is 924. The highest BCUT2D eigenvalue weighted by atomic mass is 16.5. The van der Waals surface area contributed by atoms with E-state index in [-0.39, 0.29) is 24.9 Å². The van der Waals surface area contributed by atoms with E-state index in [1.54, 1.807) is 0 Å². The number of amides is 1. The van der Waals surface area contributed by atoms with Crippen LogP contribution in [0.3, 0.4) is 0 Å². The SMILES string of the molecule is CCCCCCCCC/C=C/CCCCCC(CC(=O)NC(CO)C(O)CCCCCCCCCCCCCCCC)OC(=O)CCCCCCCCCCCCCCCC. The molecule has 0 heterocycles. The van der Waals surface area contributed by atoms with E-state index in [1.807, 2.05) is 0 Å². The van der Waals surface area contributed by atoms with Crippen molar-refractivity contribution >= 4 is 11.9 Å². The van der Waals surface area contributed by atoms with Crippen LogP contribution in [0.4, 0.5) is 0 Å². The molecular weight excluding hydrogens is 755 g/mol. The molecule has 0 aromatic heterocycles. The summed E-state index contributed by atoms with van der Waals surface area (Å²) in [6.07, 6.45) is 55.6. The molecule has 0 radical (unpaired) electrons. The molecule has 0 aromatic rings. The maximum Gasteiger partial charge on any atom is 0.306 e. The molecule has 61 heavy (non-hydrogen) atoms. The van der Waals surface area contributed by atoms with E-state index in [0.29, 0.717) is 19.3 Å². The summed E-state index contributed by atoms with van der Waals surface area (Å²) in [5.74, 6) is -0.469. The number of allylic oxidation sites excluding steroid dienone is 2. The maximum absolute atomic E-state index is 13.2. The molecule has 0 saturated carbocycles. The zero-order valence-electron chi connectivity index (χ0n) is 41.3. The van der Waals surface area contributed by atoms with E-state index in [9.17, 15) is 19.8 Å². The van der Waals surface area contributed by atoms with Gasteiger partial charge >= 0.3 is 5.97 Å². The summed E-state index contributed by atoms with van der Waals surface area (Å²) in [6, 6.07) is -0.700. The average molecular weight is 862 g/mol. The zero-order chi connectivity index (χ0) is 44.5. The molecule has 0 aliphatic heterocycles. The van der Waals surface area contributed by atoms with Crippen LogP contribution in [-0.4, -0.2) is 46.9 Å². The van der Waals surface area contributed by atoms with Gasteiger partial charge < -0.3 is 20.3 Å². The molecule has 0 bridgehead atoms. The van der Waals surface area contributed by atoms with E-state index in [0.717, 1.165) is 57.8 Å². The number of nitrogens with one attached hydrogen (secondary N) is 1. The number of hydrogen-bond donors (Lipinski definition) is 3. The number of hydrogen-bond acceptors (Lipinski definition) is 5.